The molecule has 0 spiro atoms. The first kappa shape index (κ1) is 17.7. The van der Waals surface area contributed by atoms with Crippen molar-refractivity contribution in [3.63, 3.8) is 0 Å². The summed E-state index contributed by atoms with van der Waals surface area (Å²) in [5.41, 5.74) is 6.79. The predicted molar refractivity (Wildman–Crippen MR) is 112 cm³/mol. The molecule has 0 radical (unpaired) electrons. The minimum Gasteiger partial charge on any atom is -0.360 e. The molecule has 0 bridgehead atoms. The summed E-state index contributed by atoms with van der Waals surface area (Å²) in [4.78, 5) is 10.1. The van der Waals surface area contributed by atoms with E-state index in [2.05, 4.69) is 27.1 Å². The van der Waals surface area contributed by atoms with Gasteiger partial charge >= 0.3 is 0 Å². The SMILES string of the molecule is Fc1ccc(-c2[nH]cc(C3=CCN4C[C@@H](Cl)C[C@H]4C3)c2-c2ccncc2)cc1. The van der Waals surface area contributed by atoms with E-state index in [1.807, 2.05) is 36.7 Å². The molecule has 0 saturated carbocycles. The van der Waals surface area contributed by atoms with Crippen molar-refractivity contribution in [3.8, 4) is 22.4 Å². The van der Waals surface area contributed by atoms with Crippen molar-refractivity contribution < 1.29 is 4.39 Å². The first-order chi connectivity index (χ1) is 13.7. The minimum atomic E-state index is -0.229. The number of aromatic nitrogens is 2. The Bertz CT molecular complexity index is 1010. The van der Waals surface area contributed by atoms with Gasteiger partial charge in [-0.1, -0.05) is 6.08 Å². The summed E-state index contributed by atoms with van der Waals surface area (Å²) in [6.45, 7) is 1.91. The molecule has 5 rings (SSSR count). The van der Waals surface area contributed by atoms with Crippen LogP contribution in [0.4, 0.5) is 4.39 Å². The van der Waals surface area contributed by atoms with Crippen LogP contribution in [-0.2, 0) is 0 Å². The fourth-order valence-electron chi connectivity index (χ4n) is 4.48. The van der Waals surface area contributed by atoms with Gasteiger partial charge in [0.25, 0.3) is 0 Å². The summed E-state index contributed by atoms with van der Waals surface area (Å²) in [6, 6.07) is 11.2. The average molecular weight is 394 g/mol. The van der Waals surface area contributed by atoms with Gasteiger partial charge < -0.3 is 4.98 Å². The standard InChI is InChI=1S/C23H21ClFN3/c24-18-12-20-11-17(7-10-28(20)14-18)21-13-27-23(16-1-3-19(25)4-2-16)22(21)15-5-8-26-9-6-15/h1-9,13,18,20,27H,10-12,14H2/t18-,20+/m0/s1. The van der Waals surface area contributed by atoms with E-state index in [0.717, 1.165) is 48.3 Å². The second kappa shape index (κ2) is 7.19. The van der Waals surface area contributed by atoms with Crippen molar-refractivity contribution in [1.82, 2.24) is 14.9 Å². The summed E-state index contributed by atoms with van der Waals surface area (Å²) in [6.07, 6.45) is 10.1. The van der Waals surface area contributed by atoms with E-state index in [-0.39, 0.29) is 11.2 Å². The zero-order valence-corrected chi connectivity index (χ0v) is 16.2. The lowest BCUT2D eigenvalue weighted by Crippen LogP contribution is -2.33. The quantitative estimate of drug-likeness (QED) is 0.608. The summed E-state index contributed by atoms with van der Waals surface area (Å²) >= 11 is 6.40. The van der Waals surface area contributed by atoms with Crippen LogP contribution in [0, 0.1) is 5.82 Å². The number of rotatable bonds is 3. The van der Waals surface area contributed by atoms with E-state index in [4.69, 9.17) is 11.6 Å². The summed E-state index contributed by atoms with van der Waals surface area (Å²) in [5, 5.41) is 0.249. The Balaban J connectivity index is 1.60. The third kappa shape index (κ3) is 3.17. The molecule has 1 aromatic carbocycles. The lowest BCUT2D eigenvalue weighted by molar-refractivity contribution is 0.275. The van der Waals surface area contributed by atoms with Crippen LogP contribution in [0.3, 0.4) is 0 Å². The van der Waals surface area contributed by atoms with Crippen molar-refractivity contribution >= 4 is 17.2 Å². The van der Waals surface area contributed by atoms with Crippen molar-refractivity contribution in [2.75, 3.05) is 13.1 Å². The van der Waals surface area contributed by atoms with Gasteiger partial charge in [-0.15, -0.1) is 11.6 Å². The van der Waals surface area contributed by atoms with Gasteiger partial charge in [0.15, 0.2) is 0 Å². The minimum absolute atomic E-state index is 0.229. The van der Waals surface area contributed by atoms with Gasteiger partial charge in [-0.3, -0.25) is 9.88 Å². The molecular formula is C23H21ClFN3. The molecule has 2 aliphatic rings. The van der Waals surface area contributed by atoms with Gasteiger partial charge in [-0.05, 0) is 65.9 Å². The largest absolute Gasteiger partial charge is 0.360 e. The van der Waals surface area contributed by atoms with Crippen LogP contribution in [0.25, 0.3) is 28.0 Å². The molecule has 3 aromatic rings. The summed E-state index contributed by atoms with van der Waals surface area (Å²) in [5.74, 6) is -0.229. The molecule has 0 amide bonds. The number of aromatic amines is 1. The summed E-state index contributed by atoms with van der Waals surface area (Å²) in [7, 11) is 0. The first-order valence-electron chi connectivity index (χ1n) is 9.64. The predicted octanol–water partition coefficient (Wildman–Crippen LogP) is 5.35. The molecule has 28 heavy (non-hydrogen) atoms. The highest BCUT2D eigenvalue weighted by Crippen LogP contribution is 2.41. The number of halogens is 2. The number of nitrogens with zero attached hydrogens (tertiary/aromatic N) is 2. The van der Waals surface area contributed by atoms with E-state index in [9.17, 15) is 4.39 Å². The second-order valence-corrected chi connectivity index (χ2v) is 8.19. The molecular weight excluding hydrogens is 373 g/mol. The zero-order valence-electron chi connectivity index (χ0n) is 15.4. The van der Waals surface area contributed by atoms with E-state index in [1.165, 1.54) is 23.3 Å². The zero-order chi connectivity index (χ0) is 19.1. The number of benzene rings is 1. The van der Waals surface area contributed by atoms with Gasteiger partial charge in [-0.25, -0.2) is 4.39 Å². The smallest absolute Gasteiger partial charge is 0.123 e. The summed E-state index contributed by atoms with van der Waals surface area (Å²) < 4.78 is 13.4. The Kier molecular flexibility index (Phi) is 4.53. The maximum absolute atomic E-state index is 13.4. The molecule has 3 nitrogen and oxygen atoms in total. The van der Waals surface area contributed by atoms with Crippen LogP contribution in [-0.4, -0.2) is 39.4 Å². The Hall–Kier alpha value is -2.43. The van der Waals surface area contributed by atoms with Crippen LogP contribution < -0.4 is 0 Å². The van der Waals surface area contributed by atoms with Crippen LogP contribution in [0.15, 0.2) is 61.1 Å². The Labute approximate surface area is 168 Å². The number of H-pyrrole nitrogens is 1. The molecule has 4 heterocycles. The number of nitrogens with one attached hydrogen (secondary N) is 1. The normalized spacial score (nSPS) is 22.1. The molecule has 2 atom stereocenters. The molecule has 2 aliphatic heterocycles. The van der Waals surface area contributed by atoms with Gasteiger partial charge in [0.2, 0.25) is 0 Å². The van der Waals surface area contributed by atoms with Crippen molar-refractivity contribution in [1.29, 1.82) is 0 Å². The second-order valence-electron chi connectivity index (χ2n) is 7.57. The van der Waals surface area contributed by atoms with Crippen LogP contribution >= 0.6 is 11.6 Å². The number of fused-ring (bicyclic) bond motifs is 1. The highest BCUT2D eigenvalue weighted by Gasteiger charge is 2.34. The molecule has 0 aliphatic carbocycles. The van der Waals surface area contributed by atoms with E-state index >= 15 is 0 Å². The fraction of sp³-hybridized carbons (Fsp3) is 0.261. The highest BCUT2D eigenvalue weighted by molar-refractivity contribution is 6.21. The molecule has 1 fully saturated rings. The molecule has 5 heteroatoms. The number of pyridine rings is 1. The van der Waals surface area contributed by atoms with Crippen molar-refractivity contribution in [2.45, 2.75) is 24.3 Å². The van der Waals surface area contributed by atoms with Crippen LogP contribution in [0.5, 0.6) is 0 Å². The van der Waals surface area contributed by atoms with Gasteiger partial charge in [-0.2, -0.15) is 0 Å². The molecule has 0 unspecified atom stereocenters. The average Bonchev–Trinajstić information content (AvgIpc) is 3.31. The number of hydrogen-bond acceptors (Lipinski definition) is 2. The molecule has 2 aromatic heterocycles. The number of hydrogen-bond donors (Lipinski definition) is 1. The van der Waals surface area contributed by atoms with E-state index in [0.29, 0.717) is 6.04 Å². The Morgan fingerprint density at radius 3 is 2.64 bits per heavy atom. The van der Waals surface area contributed by atoms with E-state index in [1.54, 1.807) is 0 Å². The van der Waals surface area contributed by atoms with E-state index < -0.39 is 0 Å². The maximum Gasteiger partial charge on any atom is 0.123 e. The number of alkyl halides is 1. The van der Waals surface area contributed by atoms with Crippen molar-refractivity contribution in [3.05, 3.63) is 72.4 Å². The lowest BCUT2D eigenvalue weighted by Gasteiger charge is -2.29. The van der Waals surface area contributed by atoms with Crippen LogP contribution in [0.2, 0.25) is 0 Å². The Morgan fingerprint density at radius 2 is 1.86 bits per heavy atom. The molecule has 1 saturated heterocycles. The van der Waals surface area contributed by atoms with Crippen molar-refractivity contribution in [2.24, 2.45) is 0 Å². The fourth-order valence-corrected chi connectivity index (χ4v) is 4.87. The maximum atomic E-state index is 13.4. The third-order valence-corrected chi connectivity index (χ3v) is 6.15. The first-order valence-corrected chi connectivity index (χ1v) is 10.1. The molecule has 142 valence electrons. The monoisotopic (exact) mass is 393 g/mol. The molecule has 1 N–H and O–H groups in total. The van der Waals surface area contributed by atoms with Gasteiger partial charge in [0.1, 0.15) is 5.82 Å². The lowest BCUT2D eigenvalue weighted by atomic mass is 9.89. The Morgan fingerprint density at radius 1 is 1.07 bits per heavy atom. The topological polar surface area (TPSA) is 31.9 Å². The highest BCUT2D eigenvalue weighted by atomic mass is 35.5. The van der Waals surface area contributed by atoms with Gasteiger partial charge in [0, 0.05) is 54.2 Å². The van der Waals surface area contributed by atoms with Gasteiger partial charge in [0.05, 0.1) is 5.69 Å². The third-order valence-electron chi connectivity index (χ3n) is 5.83. The van der Waals surface area contributed by atoms with Crippen LogP contribution in [0.1, 0.15) is 18.4 Å².